The Morgan fingerprint density at radius 3 is 2.62 bits per heavy atom. The van der Waals surface area contributed by atoms with E-state index in [1.54, 1.807) is 37.3 Å². The first kappa shape index (κ1) is 15.5. The minimum Gasteiger partial charge on any atom is -0.316 e. The summed E-state index contributed by atoms with van der Waals surface area (Å²) in [6.45, 7) is 1.79. The molecule has 0 aliphatic rings. The van der Waals surface area contributed by atoms with Crippen LogP contribution >= 0.6 is 27.5 Å². The highest BCUT2D eigenvalue weighted by atomic mass is 79.9. The number of hydrogen-bond acceptors (Lipinski definition) is 3. The minimum atomic E-state index is -0.535. The van der Waals surface area contributed by atoms with Crippen LogP contribution in [0.25, 0.3) is 0 Å². The molecule has 1 N–H and O–H groups in total. The number of nitrogens with zero attached hydrogens (tertiary/aromatic N) is 1. The molecule has 2 aromatic carbocycles. The van der Waals surface area contributed by atoms with Crippen LogP contribution in [0.3, 0.4) is 0 Å². The van der Waals surface area contributed by atoms with Crippen molar-refractivity contribution in [2.24, 2.45) is 0 Å². The highest BCUT2D eigenvalue weighted by molar-refractivity contribution is 9.10. The Kier molecular flexibility index (Phi) is 4.59. The van der Waals surface area contributed by atoms with Crippen LogP contribution in [0.2, 0.25) is 5.02 Å². The van der Waals surface area contributed by atoms with Crippen LogP contribution in [0.5, 0.6) is 0 Å². The maximum atomic E-state index is 12.2. The van der Waals surface area contributed by atoms with E-state index in [-0.39, 0.29) is 11.4 Å². The van der Waals surface area contributed by atoms with Crippen LogP contribution in [0.15, 0.2) is 40.9 Å². The van der Waals surface area contributed by atoms with E-state index in [4.69, 9.17) is 11.6 Å². The van der Waals surface area contributed by atoms with Crippen molar-refractivity contribution in [1.29, 1.82) is 0 Å². The van der Waals surface area contributed by atoms with Crippen LogP contribution in [0.1, 0.15) is 15.9 Å². The summed E-state index contributed by atoms with van der Waals surface area (Å²) in [5.74, 6) is -0.443. The number of carbonyl (C=O) groups is 1. The molecule has 0 bridgehead atoms. The summed E-state index contributed by atoms with van der Waals surface area (Å²) in [6.07, 6.45) is 0. The molecule has 5 nitrogen and oxygen atoms in total. The molecule has 0 aliphatic carbocycles. The molecule has 0 fully saturated rings. The van der Waals surface area contributed by atoms with Crippen molar-refractivity contribution in [2.75, 3.05) is 5.32 Å². The largest absolute Gasteiger partial charge is 0.316 e. The van der Waals surface area contributed by atoms with E-state index in [2.05, 4.69) is 21.2 Å². The first-order chi connectivity index (χ1) is 9.88. The monoisotopic (exact) mass is 368 g/mol. The van der Waals surface area contributed by atoms with Crippen molar-refractivity contribution >= 4 is 44.8 Å². The number of hydrogen-bond donors (Lipinski definition) is 1. The lowest BCUT2D eigenvalue weighted by Crippen LogP contribution is -2.13. The quantitative estimate of drug-likeness (QED) is 0.636. The van der Waals surface area contributed by atoms with Gasteiger partial charge in [-0.3, -0.25) is 14.9 Å². The molecule has 21 heavy (non-hydrogen) atoms. The van der Waals surface area contributed by atoms with Crippen molar-refractivity contribution < 1.29 is 9.72 Å². The highest BCUT2D eigenvalue weighted by Gasteiger charge is 2.17. The Morgan fingerprint density at radius 1 is 1.29 bits per heavy atom. The summed E-state index contributed by atoms with van der Waals surface area (Å²) in [5, 5.41) is 14.0. The summed E-state index contributed by atoms with van der Waals surface area (Å²) in [5.41, 5.74) is 1.17. The molecule has 0 unspecified atom stereocenters. The number of benzene rings is 2. The van der Waals surface area contributed by atoms with Crippen LogP contribution in [0, 0.1) is 17.0 Å². The second kappa shape index (κ2) is 6.24. The lowest BCUT2D eigenvalue weighted by molar-refractivity contribution is -0.383. The fourth-order valence-electron chi connectivity index (χ4n) is 1.74. The van der Waals surface area contributed by atoms with E-state index in [1.807, 2.05) is 0 Å². The fourth-order valence-corrected chi connectivity index (χ4v) is 2.24. The lowest BCUT2D eigenvalue weighted by atomic mass is 10.1. The van der Waals surface area contributed by atoms with Gasteiger partial charge in [0.15, 0.2) is 0 Å². The number of carbonyl (C=O) groups excluding carboxylic acids is 1. The Bertz CT molecular complexity index is 734. The standard InChI is InChI=1S/C14H10BrClN2O3/c1-8-2-5-13(18(20)21)12(6-8)17-14(19)9-3-4-11(16)10(15)7-9/h2-7H,1H3,(H,17,19). The first-order valence-electron chi connectivity index (χ1n) is 5.90. The van der Waals surface area contributed by atoms with Crippen LogP contribution < -0.4 is 5.32 Å². The van der Waals surface area contributed by atoms with Crippen molar-refractivity contribution in [3.63, 3.8) is 0 Å². The Morgan fingerprint density at radius 2 is 2.00 bits per heavy atom. The topological polar surface area (TPSA) is 72.2 Å². The number of nitro benzene ring substituents is 1. The van der Waals surface area contributed by atoms with Gasteiger partial charge in [-0.1, -0.05) is 17.7 Å². The maximum Gasteiger partial charge on any atom is 0.292 e. The molecular weight excluding hydrogens is 360 g/mol. The molecule has 0 saturated heterocycles. The van der Waals surface area contributed by atoms with Gasteiger partial charge >= 0.3 is 0 Å². The summed E-state index contributed by atoms with van der Waals surface area (Å²) < 4.78 is 0.579. The number of nitrogens with one attached hydrogen (secondary N) is 1. The average molecular weight is 370 g/mol. The average Bonchev–Trinajstić information content (AvgIpc) is 2.41. The normalized spacial score (nSPS) is 10.2. The van der Waals surface area contributed by atoms with Crippen molar-refractivity contribution in [3.8, 4) is 0 Å². The third-order valence-electron chi connectivity index (χ3n) is 2.78. The van der Waals surface area contributed by atoms with E-state index in [9.17, 15) is 14.9 Å². The molecule has 0 atom stereocenters. The molecule has 1 amide bonds. The zero-order valence-corrected chi connectivity index (χ0v) is 13.2. The lowest BCUT2D eigenvalue weighted by Gasteiger charge is -2.07. The molecule has 2 rings (SSSR count). The second-order valence-electron chi connectivity index (χ2n) is 4.36. The van der Waals surface area contributed by atoms with E-state index >= 15 is 0 Å². The minimum absolute atomic E-state index is 0.151. The maximum absolute atomic E-state index is 12.2. The smallest absolute Gasteiger partial charge is 0.292 e. The third-order valence-corrected chi connectivity index (χ3v) is 3.99. The van der Waals surface area contributed by atoms with E-state index < -0.39 is 10.8 Å². The van der Waals surface area contributed by atoms with Gasteiger partial charge in [0, 0.05) is 16.1 Å². The summed E-state index contributed by atoms with van der Waals surface area (Å²) in [4.78, 5) is 22.6. The molecule has 7 heteroatoms. The van der Waals surface area contributed by atoms with Gasteiger partial charge in [0.2, 0.25) is 0 Å². The summed E-state index contributed by atoms with van der Waals surface area (Å²) in [6, 6.07) is 9.21. The van der Waals surface area contributed by atoms with E-state index in [0.717, 1.165) is 5.56 Å². The fraction of sp³-hybridized carbons (Fsp3) is 0.0714. The van der Waals surface area contributed by atoms with E-state index in [1.165, 1.54) is 6.07 Å². The van der Waals surface area contributed by atoms with Crippen molar-refractivity contribution in [1.82, 2.24) is 0 Å². The summed E-state index contributed by atoms with van der Waals surface area (Å²) >= 11 is 9.09. The summed E-state index contributed by atoms with van der Waals surface area (Å²) in [7, 11) is 0. The second-order valence-corrected chi connectivity index (χ2v) is 5.62. The SMILES string of the molecule is Cc1ccc([N+](=O)[O-])c(NC(=O)c2ccc(Cl)c(Br)c2)c1. The third kappa shape index (κ3) is 3.59. The zero-order valence-electron chi connectivity index (χ0n) is 10.9. The molecule has 0 spiro atoms. The van der Waals surface area contributed by atoms with Gasteiger partial charge in [-0.15, -0.1) is 0 Å². The van der Waals surface area contributed by atoms with Gasteiger partial charge in [0.1, 0.15) is 5.69 Å². The van der Waals surface area contributed by atoms with Crippen molar-refractivity contribution in [3.05, 3.63) is 67.1 Å². The molecule has 2 aromatic rings. The number of amides is 1. The molecule has 0 aromatic heterocycles. The van der Waals surface area contributed by atoms with Crippen LogP contribution in [-0.2, 0) is 0 Å². The first-order valence-corrected chi connectivity index (χ1v) is 7.07. The molecule has 0 aliphatic heterocycles. The number of anilines is 1. The Balaban J connectivity index is 2.33. The Hall–Kier alpha value is -1.92. The highest BCUT2D eigenvalue weighted by Crippen LogP contribution is 2.27. The predicted molar refractivity (Wildman–Crippen MR) is 84.9 cm³/mol. The molecular formula is C14H10BrClN2O3. The van der Waals surface area contributed by atoms with Gasteiger partial charge in [-0.2, -0.15) is 0 Å². The van der Waals surface area contributed by atoms with Gasteiger partial charge < -0.3 is 5.32 Å². The Labute approximate surface area is 134 Å². The molecule has 108 valence electrons. The predicted octanol–water partition coefficient (Wildman–Crippen LogP) is 4.57. The number of aryl methyl sites for hydroxylation is 1. The van der Waals surface area contributed by atoms with Crippen LogP contribution in [0.4, 0.5) is 11.4 Å². The number of halogens is 2. The van der Waals surface area contributed by atoms with E-state index in [0.29, 0.717) is 15.1 Å². The molecule has 0 saturated carbocycles. The van der Waals surface area contributed by atoms with Gasteiger partial charge in [-0.05, 0) is 52.7 Å². The molecule has 0 radical (unpaired) electrons. The number of nitro groups is 1. The van der Waals surface area contributed by atoms with Gasteiger partial charge in [0.25, 0.3) is 11.6 Å². The van der Waals surface area contributed by atoms with Crippen LogP contribution in [-0.4, -0.2) is 10.8 Å². The van der Waals surface area contributed by atoms with Gasteiger partial charge in [0.05, 0.1) is 9.95 Å². The molecule has 0 heterocycles. The number of rotatable bonds is 3. The van der Waals surface area contributed by atoms with Gasteiger partial charge in [-0.25, -0.2) is 0 Å². The van der Waals surface area contributed by atoms with Crippen molar-refractivity contribution in [2.45, 2.75) is 6.92 Å². The zero-order chi connectivity index (χ0) is 15.6.